The summed E-state index contributed by atoms with van der Waals surface area (Å²) in [5.74, 6) is 0. The van der Waals surface area contributed by atoms with Gasteiger partial charge < -0.3 is 5.32 Å². The van der Waals surface area contributed by atoms with E-state index in [1.54, 1.807) is 23.7 Å². The van der Waals surface area contributed by atoms with Gasteiger partial charge in [0.15, 0.2) is 5.13 Å². The van der Waals surface area contributed by atoms with Gasteiger partial charge in [-0.1, -0.05) is 17.4 Å². The van der Waals surface area contributed by atoms with Gasteiger partial charge in [0, 0.05) is 6.20 Å². The highest BCUT2D eigenvalue weighted by atomic mass is 32.1. The summed E-state index contributed by atoms with van der Waals surface area (Å²) in [6, 6.07) is 10.2. The van der Waals surface area contributed by atoms with Gasteiger partial charge in [-0.15, -0.1) is 0 Å². The lowest BCUT2D eigenvalue weighted by Gasteiger charge is -1.99. The second kappa shape index (κ2) is 4.14. The standard InChI is InChI=1S/C13H11N3S/c1-9-4-5-11-12(7-9)17-13(16-11)15-10-3-2-6-14-8-10/h2-8H,1H3,(H,15,16). The summed E-state index contributed by atoms with van der Waals surface area (Å²) in [7, 11) is 0. The van der Waals surface area contributed by atoms with Crippen LogP contribution in [-0.2, 0) is 0 Å². The highest BCUT2D eigenvalue weighted by Crippen LogP contribution is 2.28. The number of hydrogen-bond acceptors (Lipinski definition) is 4. The lowest BCUT2D eigenvalue weighted by Crippen LogP contribution is -1.88. The molecule has 0 saturated heterocycles. The smallest absolute Gasteiger partial charge is 0.188 e. The summed E-state index contributed by atoms with van der Waals surface area (Å²) in [5, 5.41) is 4.16. The van der Waals surface area contributed by atoms with Crippen LogP contribution < -0.4 is 5.32 Å². The molecular formula is C13H11N3S. The molecular weight excluding hydrogens is 230 g/mol. The molecule has 0 aliphatic rings. The van der Waals surface area contributed by atoms with Crippen LogP contribution in [0, 0.1) is 6.92 Å². The topological polar surface area (TPSA) is 37.8 Å². The molecule has 84 valence electrons. The molecule has 3 rings (SSSR count). The number of hydrogen-bond donors (Lipinski definition) is 1. The number of anilines is 2. The molecule has 2 aromatic heterocycles. The third-order valence-corrected chi connectivity index (χ3v) is 3.39. The van der Waals surface area contributed by atoms with Crippen molar-refractivity contribution >= 4 is 32.4 Å². The quantitative estimate of drug-likeness (QED) is 0.742. The van der Waals surface area contributed by atoms with Crippen LogP contribution in [0.4, 0.5) is 10.8 Å². The first-order valence-corrected chi connectivity index (χ1v) is 6.17. The Morgan fingerprint density at radius 3 is 3.00 bits per heavy atom. The van der Waals surface area contributed by atoms with Crippen LogP contribution in [0.2, 0.25) is 0 Å². The van der Waals surface area contributed by atoms with E-state index < -0.39 is 0 Å². The number of rotatable bonds is 2. The Hall–Kier alpha value is -1.94. The highest BCUT2D eigenvalue weighted by Gasteiger charge is 2.03. The zero-order valence-corrected chi connectivity index (χ0v) is 10.2. The van der Waals surface area contributed by atoms with Crippen molar-refractivity contribution in [2.24, 2.45) is 0 Å². The van der Waals surface area contributed by atoms with E-state index >= 15 is 0 Å². The van der Waals surface area contributed by atoms with E-state index in [9.17, 15) is 0 Å². The summed E-state index contributed by atoms with van der Waals surface area (Å²) in [5.41, 5.74) is 3.25. The van der Waals surface area contributed by atoms with Crippen LogP contribution in [0.1, 0.15) is 5.56 Å². The third kappa shape index (κ3) is 2.12. The molecule has 1 N–H and O–H groups in total. The van der Waals surface area contributed by atoms with Gasteiger partial charge in [0.05, 0.1) is 22.1 Å². The maximum absolute atomic E-state index is 4.53. The number of aromatic nitrogens is 2. The van der Waals surface area contributed by atoms with Crippen molar-refractivity contribution in [2.75, 3.05) is 5.32 Å². The monoisotopic (exact) mass is 241 g/mol. The molecule has 3 aromatic rings. The molecule has 17 heavy (non-hydrogen) atoms. The van der Waals surface area contributed by atoms with E-state index in [1.807, 2.05) is 12.1 Å². The number of thiazole rings is 1. The molecule has 0 aliphatic heterocycles. The maximum atomic E-state index is 4.53. The van der Waals surface area contributed by atoms with Crippen LogP contribution in [-0.4, -0.2) is 9.97 Å². The number of benzene rings is 1. The number of fused-ring (bicyclic) bond motifs is 1. The second-order valence-corrected chi connectivity index (χ2v) is 4.89. The lowest BCUT2D eigenvalue weighted by atomic mass is 10.2. The van der Waals surface area contributed by atoms with Gasteiger partial charge in [-0.3, -0.25) is 4.98 Å². The van der Waals surface area contributed by atoms with E-state index in [1.165, 1.54) is 10.3 Å². The molecule has 0 bridgehead atoms. The molecule has 0 fully saturated rings. The van der Waals surface area contributed by atoms with Gasteiger partial charge in [0.25, 0.3) is 0 Å². The van der Waals surface area contributed by atoms with Gasteiger partial charge in [-0.2, -0.15) is 0 Å². The van der Waals surface area contributed by atoms with Crippen molar-refractivity contribution in [3.05, 3.63) is 48.3 Å². The molecule has 0 aliphatic carbocycles. The zero-order valence-electron chi connectivity index (χ0n) is 9.34. The Morgan fingerprint density at radius 2 is 2.18 bits per heavy atom. The SMILES string of the molecule is Cc1ccc2nc(Nc3cccnc3)sc2c1. The number of pyridine rings is 1. The fourth-order valence-corrected chi connectivity index (χ4v) is 2.63. The van der Waals surface area contributed by atoms with E-state index in [0.29, 0.717) is 0 Å². The van der Waals surface area contributed by atoms with Crippen LogP contribution in [0.25, 0.3) is 10.2 Å². The predicted octanol–water partition coefficient (Wildman–Crippen LogP) is 3.74. The van der Waals surface area contributed by atoms with Crippen molar-refractivity contribution in [2.45, 2.75) is 6.92 Å². The molecule has 0 spiro atoms. The summed E-state index contributed by atoms with van der Waals surface area (Å²) >= 11 is 1.66. The third-order valence-electron chi connectivity index (χ3n) is 2.46. The fourth-order valence-electron chi connectivity index (χ4n) is 1.65. The Kier molecular flexibility index (Phi) is 2.49. The molecule has 3 nitrogen and oxygen atoms in total. The molecule has 0 amide bonds. The molecule has 4 heteroatoms. The predicted molar refractivity (Wildman–Crippen MR) is 71.9 cm³/mol. The average molecular weight is 241 g/mol. The van der Waals surface area contributed by atoms with E-state index in [2.05, 4.69) is 40.4 Å². The number of aryl methyl sites for hydroxylation is 1. The Labute approximate surface area is 103 Å². The highest BCUT2D eigenvalue weighted by molar-refractivity contribution is 7.22. The normalized spacial score (nSPS) is 10.6. The molecule has 0 atom stereocenters. The molecule has 0 unspecified atom stereocenters. The van der Waals surface area contributed by atoms with Gasteiger partial charge in [-0.05, 0) is 36.8 Å². The van der Waals surface area contributed by atoms with Crippen LogP contribution in [0.5, 0.6) is 0 Å². The first-order chi connectivity index (χ1) is 8.31. The molecule has 1 aromatic carbocycles. The van der Waals surface area contributed by atoms with E-state index in [-0.39, 0.29) is 0 Å². The van der Waals surface area contributed by atoms with Crippen molar-refractivity contribution in [1.29, 1.82) is 0 Å². The summed E-state index contributed by atoms with van der Waals surface area (Å²) in [6.45, 7) is 2.09. The largest absolute Gasteiger partial charge is 0.330 e. The Bertz CT molecular complexity index is 646. The van der Waals surface area contributed by atoms with Gasteiger partial charge >= 0.3 is 0 Å². The second-order valence-electron chi connectivity index (χ2n) is 3.86. The van der Waals surface area contributed by atoms with E-state index in [0.717, 1.165) is 16.3 Å². The molecule has 2 heterocycles. The van der Waals surface area contributed by atoms with Crippen molar-refractivity contribution < 1.29 is 0 Å². The lowest BCUT2D eigenvalue weighted by molar-refractivity contribution is 1.31. The molecule has 0 saturated carbocycles. The minimum Gasteiger partial charge on any atom is -0.330 e. The van der Waals surface area contributed by atoms with Crippen molar-refractivity contribution in [3.63, 3.8) is 0 Å². The van der Waals surface area contributed by atoms with Crippen LogP contribution in [0.3, 0.4) is 0 Å². The first kappa shape index (κ1) is 10.2. The van der Waals surface area contributed by atoms with E-state index in [4.69, 9.17) is 0 Å². The maximum Gasteiger partial charge on any atom is 0.188 e. The van der Waals surface area contributed by atoms with Crippen LogP contribution >= 0.6 is 11.3 Å². The summed E-state index contributed by atoms with van der Waals surface area (Å²) < 4.78 is 1.20. The van der Waals surface area contributed by atoms with Gasteiger partial charge in [-0.25, -0.2) is 4.98 Å². The summed E-state index contributed by atoms with van der Waals surface area (Å²) in [4.78, 5) is 8.59. The number of nitrogens with zero attached hydrogens (tertiary/aromatic N) is 2. The Balaban J connectivity index is 1.96. The van der Waals surface area contributed by atoms with Gasteiger partial charge in [0.1, 0.15) is 0 Å². The van der Waals surface area contributed by atoms with Crippen LogP contribution in [0.15, 0.2) is 42.7 Å². The molecule has 0 radical (unpaired) electrons. The first-order valence-electron chi connectivity index (χ1n) is 5.35. The average Bonchev–Trinajstić information content (AvgIpc) is 2.71. The zero-order chi connectivity index (χ0) is 11.7. The number of nitrogens with one attached hydrogen (secondary N) is 1. The van der Waals surface area contributed by atoms with Gasteiger partial charge in [0.2, 0.25) is 0 Å². The minimum absolute atomic E-state index is 0.901. The minimum atomic E-state index is 0.901. The van der Waals surface area contributed by atoms with Crippen molar-refractivity contribution in [1.82, 2.24) is 9.97 Å². The fraction of sp³-hybridized carbons (Fsp3) is 0.0769. The Morgan fingerprint density at radius 1 is 1.24 bits per heavy atom. The van der Waals surface area contributed by atoms with Crippen molar-refractivity contribution in [3.8, 4) is 0 Å². The summed E-state index contributed by atoms with van der Waals surface area (Å²) in [6.07, 6.45) is 3.55.